The lowest BCUT2D eigenvalue weighted by atomic mass is 9.99. The minimum Gasteiger partial charge on any atom is -0.392 e. The van der Waals surface area contributed by atoms with Gasteiger partial charge in [0.1, 0.15) is 0 Å². The molecule has 0 radical (unpaired) electrons. The first kappa shape index (κ1) is 16.7. The molecular weight excluding hydrogens is 268 g/mol. The van der Waals surface area contributed by atoms with Gasteiger partial charge in [-0.1, -0.05) is 0 Å². The first-order chi connectivity index (χ1) is 9.79. The van der Waals surface area contributed by atoms with Gasteiger partial charge < -0.3 is 15.2 Å². The predicted molar refractivity (Wildman–Crippen MR) is 82.0 cm³/mol. The summed E-state index contributed by atoms with van der Waals surface area (Å²) in [6, 6.07) is 0. The number of amides is 1. The van der Waals surface area contributed by atoms with Crippen LogP contribution in [0.15, 0.2) is 0 Å². The van der Waals surface area contributed by atoms with Gasteiger partial charge in [0.2, 0.25) is 5.91 Å². The van der Waals surface area contributed by atoms with Crippen molar-refractivity contribution in [2.24, 2.45) is 5.92 Å². The summed E-state index contributed by atoms with van der Waals surface area (Å²) in [6.45, 7) is 10.9. The highest BCUT2D eigenvalue weighted by Gasteiger charge is 2.35. The Morgan fingerprint density at radius 3 is 2.43 bits per heavy atom. The molecule has 4 unspecified atom stereocenters. The third-order valence-electron chi connectivity index (χ3n) is 4.79. The van der Waals surface area contributed by atoms with E-state index in [9.17, 15) is 9.90 Å². The summed E-state index contributed by atoms with van der Waals surface area (Å²) in [6.07, 6.45) is 2.48. The molecule has 2 rings (SSSR count). The molecule has 0 aromatic rings. The molecule has 0 bridgehead atoms. The van der Waals surface area contributed by atoms with Gasteiger partial charge in [-0.2, -0.15) is 0 Å². The van der Waals surface area contributed by atoms with Gasteiger partial charge in [0.05, 0.1) is 24.2 Å². The van der Waals surface area contributed by atoms with Crippen molar-refractivity contribution in [3.63, 3.8) is 0 Å². The Morgan fingerprint density at radius 1 is 1.29 bits per heavy atom. The van der Waals surface area contributed by atoms with E-state index in [0.29, 0.717) is 6.54 Å². The lowest BCUT2D eigenvalue weighted by molar-refractivity contribution is -0.129. The van der Waals surface area contributed by atoms with Crippen LogP contribution in [0.5, 0.6) is 0 Å². The number of nitrogens with zero attached hydrogens (tertiary/aromatic N) is 1. The van der Waals surface area contributed by atoms with Crippen molar-refractivity contribution in [1.82, 2.24) is 10.2 Å². The summed E-state index contributed by atoms with van der Waals surface area (Å²) in [5, 5.41) is 12.9. The number of carbonyl (C=O) groups excluding carboxylic acids is 1. The molecule has 0 aromatic carbocycles. The molecule has 1 amide bonds. The molecule has 5 heteroatoms. The Morgan fingerprint density at radius 2 is 1.90 bits per heavy atom. The largest absolute Gasteiger partial charge is 0.392 e. The number of aliphatic hydroxyl groups is 1. The molecule has 1 aliphatic carbocycles. The normalized spacial score (nSPS) is 34.9. The molecule has 122 valence electrons. The van der Waals surface area contributed by atoms with Gasteiger partial charge in [-0.25, -0.2) is 0 Å². The van der Waals surface area contributed by atoms with Crippen molar-refractivity contribution in [3.8, 4) is 0 Å². The third kappa shape index (κ3) is 4.18. The Balaban J connectivity index is 1.87. The second-order valence-electron chi connectivity index (χ2n) is 7.30. The molecule has 2 aliphatic rings. The van der Waals surface area contributed by atoms with E-state index in [4.69, 9.17) is 4.74 Å². The summed E-state index contributed by atoms with van der Waals surface area (Å²) in [5.74, 6) is -0.217. The zero-order chi connectivity index (χ0) is 15.6. The molecule has 1 aliphatic heterocycles. The van der Waals surface area contributed by atoms with E-state index in [-0.39, 0.29) is 29.6 Å². The van der Waals surface area contributed by atoms with E-state index >= 15 is 0 Å². The minimum atomic E-state index is -0.462. The molecule has 4 atom stereocenters. The van der Waals surface area contributed by atoms with Crippen molar-refractivity contribution in [2.45, 2.75) is 70.8 Å². The van der Waals surface area contributed by atoms with Crippen molar-refractivity contribution in [2.75, 3.05) is 19.6 Å². The summed E-state index contributed by atoms with van der Waals surface area (Å²) in [4.78, 5) is 14.6. The molecule has 1 saturated carbocycles. The Hall–Kier alpha value is -0.650. The first-order valence-corrected chi connectivity index (χ1v) is 8.16. The van der Waals surface area contributed by atoms with Gasteiger partial charge in [0.15, 0.2) is 0 Å². The van der Waals surface area contributed by atoms with Crippen molar-refractivity contribution >= 4 is 5.91 Å². The van der Waals surface area contributed by atoms with Crippen LogP contribution in [0.25, 0.3) is 0 Å². The Kier molecular flexibility index (Phi) is 5.28. The fraction of sp³-hybridized carbons (Fsp3) is 0.938. The van der Waals surface area contributed by atoms with Crippen molar-refractivity contribution in [1.29, 1.82) is 0 Å². The number of ether oxygens (including phenoxy) is 1. The average Bonchev–Trinajstić information content (AvgIpc) is 2.81. The second-order valence-corrected chi connectivity index (χ2v) is 7.30. The van der Waals surface area contributed by atoms with E-state index in [0.717, 1.165) is 32.4 Å². The average molecular weight is 298 g/mol. The smallest absolute Gasteiger partial charge is 0.225 e. The zero-order valence-electron chi connectivity index (χ0n) is 13.8. The highest BCUT2D eigenvalue weighted by atomic mass is 16.5. The van der Waals surface area contributed by atoms with Crippen LogP contribution in [0.4, 0.5) is 0 Å². The molecule has 2 N–H and O–H groups in total. The number of hydrogen-bond donors (Lipinski definition) is 2. The van der Waals surface area contributed by atoms with Gasteiger partial charge >= 0.3 is 0 Å². The van der Waals surface area contributed by atoms with Gasteiger partial charge in [0, 0.05) is 25.2 Å². The molecule has 21 heavy (non-hydrogen) atoms. The number of carbonyl (C=O) groups is 1. The molecule has 1 saturated heterocycles. The summed E-state index contributed by atoms with van der Waals surface area (Å²) < 4.78 is 5.77. The zero-order valence-corrected chi connectivity index (χ0v) is 13.8. The molecule has 1 heterocycles. The standard InChI is InChI=1S/C16H30N2O3/c1-11-8-18(9-12(2)21-11)16(3,4)10-17-15(20)13-6-5-7-14(13)19/h11-14,19H,5-10H2,1-4H3,(H,17,20). The highest BCUT2D eigenvalue weighted by Crippen LogP contribution is 2.26. The minimum absolute atomic E-state index is 0.00225. The number of nitrogens with one attached hydrogen (secondary N) is 1. The van der Waals surface area contributed by atoms with Gasteiger partial charge in [-0.05, 0) is 47.0 Å². The molecular formula is C16H30N2O3. The lowest BCUT2D eigenvalue weighted by Crippen LogP contribution is -2.59. The summed E-state index contributed by atoms with van der Waals surface area (Å²) >= 11 is 0. The van der Waals surface area contributed by atoms with Crippen LogP contribution >= 0.6 is 0 Å². The van der Waals surface area contributed by atoms with E-state index in [1.807, 2.05) is 0 Å². The molecule has 2 fully saturated rings. The fourth-order valence-corrected chi connectivity index (χ4v) is 3.46. The predicted octanol–water partition coefficient (Wildman–Crippen LogP) is 1.15. The van der Waals surface area contributed by atoms with Gasteiger partial charge in [-0.3, -0.25) is 9.69 Å². The lowest BCUT2D eigenvalue weighted by Gasteiger charge is -2.45. The number of hydrogen-bond acceptors (Lipinski definition) is 4. The third-order valence-corrected chi connectivity index (χ3v) is 4.79. The Bertz CT molecular complexity index is 363. The maximum atomic E-state index is 12.2. The number of morpholine rings is 1. The van der Waals surface area contributed by atoms with E-state index in [2.05, 4.69) is 37.9 Å². The highest BCUT2D eigenvalue weighted by molar-refractivity contribution is 5.79. The topological polar surface area (TPSA) is 61.8 Å². The molecule has 0 spiro atoms. The van der Waals surface area contributed by atoms with Crippen LogP contribution in [0, 0.1) is 5.92 Å². The molecule has 0 aromatic heterocycles. The monoisotopic (exact) mass is 298 g/mol. The van der Waals surface area contributed by atoms with Crippen LogP contribution < -0.4 is 5.32 Å². The molecule has 5 nitrogen and oxygen atoms in total. The fourth-order valence-electron chi connectivity index (χ4n) is 3.46. The summed E-state index contributed by atoms with van der Waals surface area (Å²) in [5.41, 5.74) is -0.106. The van der Waals surface area contributed by atoms with Crippen LogP contribution in [0.1, 0.15) is 47.0 Å². The van der Waals surface area contributed by atoms with Crippen molar-refractivity contribution < 1.29 is 14.6 Å². The number of rotatable bonds is 4. The number of aliphatic hydroxyl groups excluding tert-OH is 1. The maximum absolute atomic E-state index is 12.2. The van der Waals surface area contributed by atoms with Crippen LogP contribution in [-0.4, -0.2) is 59.4 Å². The Labute approximate surface area is 128 Å². The van der Waals surface area contributed by atoms with E-state index in [1.165, 1.54) is 0 Å². The van der Waals surface area contributed by atoms with Crippen LogP contribution in [0.2, 0.25) is 0 Å². The second kappa shape index (κ2) is 6.63. The first-order valence-electron chi connectivity index (χ1n) is 8.16. The van der Waals surface area contributed by atoms with Crippen molar-refractivity contribution in [3.05, 3.63) is 0 Å². The quantitative estimate of drug-likeness (QED) is 0.817. The van der Waals surface area contributed by atoms with Gasteiger partial charge in [0.25, 0.3) is 0 Å². The van der Waals surface area contributed by atoms with E-state index < -0.39 is 6.10 Å². The van der Waals surface area contributed by atoms with E-state index in [1.54, 1.807) is 0 Å². The SMILES string of the molecule is CC1CN(C(C)(C)CNC(=O)C2CCCC2O)CC(C)O1. The van der Waals surface area contributed by atoms with Crippen LogP contribution in [0.3, 0.4) is 0 Å². The van der Waals surface area contributed by atoms with Crippen LogP contribution in [-0.2, 0) is 9.53 Å². The van der Waals surface area contributed by atoms with Gasteiger partial charge in [-0.15, -0.1) is 0 Å². The summed E-state index contributed by atoms with van der Waals surface area (Å²) in [7, 11) is 0. The maximum Gasteiger partial charge on any atom is 0.225 e.